The molecule has 0 saturated carbocycles. The lowest BCUT2D eigenvalue weighted by atomic mass is 10.2. The van der Waals surface area contributed by atoms with E-state index < -0.39 is 0 Å². The molecule has 0 aliphatic carbocycles. The summed E-state index contributed by atoms with van der Waals surface area (Å²) in [5.74, 6) is 0.349. The zero-order valence-corrected chi connectivity index (χ0v) is 16.0. The van der Waals surface area contributed by atoms with Crippen molar-refractivity contribution in [2.45, 2.75) is 40.5 Å². The van der Waals surface area contributed by atoms with Gasteiger partial charge in [-0.1, -0.05) is 31.5 Å². The fraction of sp³-hybridized carbons (Fsp3) is 0.421. The number of carbonyl (C=O) groups is 1. The number of amides is 1. The molecular weight excluding hydrogens is 336 g/mol. The Bertz CT molecular complexity index is 742. The summed E-state index contributed by atoms with van der Waals surface area (Å²) < 4.78 is 0. The Hall–Kier alpha value is -2.14. The number of aryl methyl sites for hydroxylation is 1. The maximum absolute atomic E-state index is 12.8. The van der Waals surface area contributed by atoms with E-state index in [-0.39, 0.29) is 5.91 Å². The van der Waals surface area contributed by atoms with E-state index in [1.165, 1.54) is 0 Å². The van der Waals surface area contributed by atoms with Crippen molar-refractivity contribution in [3.8, 4) is 0 Å². The predicted octanol–water partition coefficient (Wildman–Crippen LogP) is 4.75. The second-order valence-electron chi connectivity index (χ2n) is 6.05. The Labute approximate surface area is 154 Å². The first-order valence-electron chi connectivity index (χ1n) is 8.63. The summed E-state index contributed by atoms with van der Waals surface area (Å²) in [5.41, 5.74) is 2.90. The minimum Gasteiger partial charge on any atom is -0.337 e. The molecule has 1 amide bonds. The highest BCUT2D eigenvalue weighted by Crippen LogP contribution is 2.25. The van der Waals surface area contributed by atoms with Gasteiger partial charge >= 0.3 is 0 Å². The highest BCUT2D eigenvalue weighted by atomic mass is 35.5. The van der Waals surface area contributed by atoms with Gasteiger partial charge < -0.3 is 10.2 Å². The van der Waals surface area contributed by atoms with Gasteiger partial charge in [-0.3, -0.25) is 4.79 Å². The molecule has 0 aliphatic heterocycles. The largest absolute Gasteiger partial charge is 0.337 e. The van der Waals surface area contributed by atoms with Crippen molar-refractivity contribution in [1.82, 2.24) is 14.9 Å². The molecule has 0 aliphatic rings. The number of carbonyl (C=O) groups excluding carboxylic acids is 1. The number of anilines is 2. The number of hydrogen-bond donors (Lipinski definition) is 1. The highest BCUT2D eigenvalue weighted by Gasteiger charge is 2.17. The molecule has 0 saturated heterocycles. The van der Waals surface area contributed by atoms with Gasteiger partial charge in [-0.2, -0.15) is 0 Å². The van der Waals surface area contributed by atoms with Crippen LogP contribution in [0.3, 0.4) is 0 Å². The van der Waals surface area contributed by atoms with E-state index in [9.17, 15) is 4.79 Å². The maximum atomic E-state index is 12.8. The maximum Gasteiger partial charge on any atom is 0.272 e. The van der Waals surface area contributed by atoms with Crippen molar-refractivity contribution in [2.24, 2.45) is 0 Å². The van der Waals surface area contributed by atoms with Gasteiger partial charge in [0.25, 0.3) is 5.91 Å². The minimum atomic E-state index is -0.0555. The van der Waals surface area contributed by atoms with Crippen molar-refractivity contribution in [3.63, 3.8) is 0 Å². The van der Waals surface area contributed by atoms with Crippen LogP contribution in [0.2, 0.25) is 5.02 Å². The number of aromatic nitrogens is 2. The van der Waals surface area contributed by atoms with E-state index >= 15 is 0 Å². The van der Waals surface area contributed by atoms with Crippen LogP contribution in [-0.2, 0) is 0 Å². The Morgan fingerprint density at radius 1 is 1.16 bits per heavy atom. The van der Waals surface area contributed by atoms with E-state index in [0.717, 1.165) is 42.9 Å². The van der Waals surface area contributed by atoms with Crippen LogP contribution < -0.4 is 5.32 Å². The first kappa shape index (κ1) is 19.2. The van der Waals surface area contributed by atoms with Crippen LogP contribution in [0.5, 0.6) is 0 Å². The van der Waals surface area contributed by atoms with Crippen LogP contribution >= 0.6 is 11.6 Å². The van der Waals surface area contributed by atoms with Crippen LogP contribution in [0, 0.1) is 13.8 Å². The van der Waals surface area contributed by atoms with Crippen LogP contribution in [0.4, 0.5) is 11.6 Å². The summed E-state index contributed by atoms with van der Waals surface area (Å²) in [6.45, 7) is 9.37. The normalized spacial score (nSPS) is 10.6. The molecule has 2 rings (SSSR count). The van der Waals surface area contributed by atoms with Gasteiger partial charge in [0, 0.05) is 29.5 Å². The third-order valence-electron chi connectivity index (χ3n) is 3.86. The summed E-state index contributed by atoms with van der Waals surface area (Å²) in [6.07, 6.45) is 1.84. The first-order chi connectivity index (χ1) is 12.0. The fourth-order valence-corrected chi connectivity index (χ4v) is 2.79. The topological polar surface area (TPSA) is 58.1 Å². The summed E-state index contributed by atoms with van der Waals surface area (Å²) in [5, 5.41) is 3.85. The van der Waals surface area contributed by atoms with Crippen LogP contribution in [0.25, 0.3) is 0 Å². The van der Waals surface area contributed by atoms with Gasteiger partial charge in [0.1, 0.15) is 5.69 Å². The predicted molar refractivity (Wildman–Crippen MR) is 103 cm³/mol. The molecular formula is C19H25ClN4O. The van der Waals surface area contributed by atoms with Crippen LogP contribution in [-0.4, -0.2) is 33.9 Å². The van der Waals surface area contributed by atoms with E-state index in [1.807, 2.05) is 36.9 Å². The molecule has 5 nitrogen and oxygen atoms in total. The number of nitrogens with one attached hydrogen (secondary N) is 1. The Balaban J connectivity index is 2.30. The van der Waals surface area contributed by atoms with Crippen molar-refractivity contribution in [2.75, 3.05) is 18.4 Å². The standard InChI is InChI=1S/C19H25ClN4O/c1-5-10-24(11-6-2)18(25)17-12-13(3)21-19(23-17)22-16-9-7-8-15(20)14(16)4/h7-9,12H,5-6,10-11H2,1-4H3,(H,21,22,23). The molecule has 1 heterocycles. The molecule has 134 valence electrons. The third-order valence-corrected chi connectivity index (χ3v) is 4.27. The zero-order valence-electron chi connectivity index (χ0n) is 15.3. The highest BCUT2D eigenvalue weighted by molar-refractivity contribution is 6.31. The molecule has 6 heteroatoms. The Morgan fingerprint density at radius 3 is 2.48 bits per heavy atom. The minimum absolute atomic E-state index is 0.0555. The van der Waals surface area contributed by atoms with E-state index in [4.69, 9.17) is 11.6 Å². The molecule has 25 heavy (non-hydrogen) atoms. The van der Waals surface area contributed by atoms with Gasteiger partial charge in [-0.05, 0) is 50.5 Å². The molecule has 0 spiro atoms. The molecule has 1 aromatic heterocycles. The molecule has 0 radical (unpaired) electrons. The smallest absolute Gasteiger partial charge is 0.272 e. The van der Waals surface area contributed by atoms with Crippen LogP contribution in [0.1, 0.15) is 48.4 Å². The summed E-state index contributed by atoms with van der Waals surface area (Å²) in [7, 11) is 0. The van der Waals surface area contributed by atoms with Crippen LogP contribution in [0.15, 0.2) is 24.3 Å². The lowest BCUT2D eigenvalue weighted by molar-refractivity contribution is 0.0749. The van der Waals surface area contributed by atoms with Gasteiger partial charge in [0.2, 0.25) is 5.95 Å². The second kappa shape index (κ2) is 8.81. The quantitative estimate of drug-likeness (QED) is 0.773. The monoisotopic (exact) mass is 360 g/mol. The molecule has 0 atom stereocenters. The van der Waals surface area contributed by atoms with Crippen molar-refractivity contribution in [3.05, 3.63) is 46.2 Å². The average molecular weight is 361 g/mol. The van der Waals surface area contributed by atoms with E-state index in [1.54, 1.807) is 6.07 Å². The molecule has 2 aromatic rings. The molecule has 0 bridgehead atoms. The Morgan fingerprint density at radius 2 is 1.84 bits per heavy atom. The van der Waals surface area contributed by atoms with Crippen molar-refractivity contribution in [1.29, 1.82) is 0 Å². The second-order valence-corrected chi connectivity index (χ2v) is 6.45. The number of nitrogens with zero attached hydrogens (tertiary/aromatic N) is 3. The SMILES string of the molecule is CCCN(CCC)C(=O)c1cc(C)nc(Nc2cccc(Cl)c2C)n1. The van der Waals surface area contributed by atoms with E-state index in [0.29, 0.717) is 16.7 Å². The number of halogens is 1. The van der Waals surface area contributed by atoms with Gasteiger partial charge in [-0.25, -0.2) is 9.97 Å². The zero-order chi connectivity index (χ0) is 18.4. The van der Waals surface area contributed by atoms with Crippen molar-refractivity contribution < 1.29 is 4.79 Å². The average Bonchev–Trinajstić information content (AvgIpc) is 2.57. The lowest BCUT2D eigenvalue weighted by Crippen LogP contribution is -2.33. The van der Waals surface area contributed by atoms with Crippen molar-refractivity contribution >= 4 is 29.1 Å². The lowest BCUT2D eigenvalue weighted by Gasteiger charge is -2.21. The third kappa shape index (κ3) is 4.92. The molecule has 0 unspecified atom stereocenters. The molecule has 0 fully saturated rings. The summed E-state index contributed by atoms with van der Waals surface area (Å²) in [4.78, 5) is 23.5. The van der Waals surface area contributed by atoms with E-state index in [2.05, 4.69) is 29.1 Å². The Kier molecular flexibility index (Phi) is 6.76. The fourth-order valence-electron chi connectivity index (χ4n) is 2.61. The van der Waals surface area contributed by atoms with Gasteiger partial charge in [0.05, 0.1) is 0 Å². The number of rotatable bonds is 7. The molecule has 1 aromatic carbocycles. The first-order valence-corrected chi connectivity index (χ1v) is 9.01. The summed E-state index contributed by atoms with van der Waals surface area (Å²) in [6, 6.07) is 7.34. The molecule has 1 N–H and O–H groups in total. The van der Waals surface area contributed by atoms with Gasteiger partial charge in [-0.15, -0.1) is 0 Å². The van der Waals surface area contributed by atoms with Gasteiger partial charge in [0.15, 0.2) is 0 Å². The number of hydrogen-bond acceptors (Lipinski definition) is 4. The number of benzene rings is 1. The summed E-state index contributed by atoms with van der Waals surface area (Å²) >= 11 is 6.16.